The maximum Gasteiger partial charge on any atom is 0.132 e. The summed E-state index contributed by atoms with van der Waals surface area (Å²) in [6, 6.07) is 0.392. The van der Waals surface area contributed by atoms with Crippen molar-refractivity contribution in [3.8, 4) is 0 Å². The molecule has 1 aromatic rings. The van der Waals surface area contributed by atoms with E-state index in [0.29, 0.717) is 11.9 Å². The Morgan fingerprint density at radius 2 is 2.20 bits per heavy atom. The van der Waals surface area contributed by atoms with Crippen molar-refractivity contribution in [3.63, 3.8) is 0 Å². The molecule has 4 heteroatoms. The molecule has 1 unspecified atom stereocenters. The van der Waals surface area contributed by atoms with Crippen LogP contribution in [0.1, 0.15) is 30.4 Å². The lowest BCUT2D eigenvalue weighted by molar-refractivity contribution is 0.589. The summed E-state index contributed by atoms with van der Waals surface area (Å²) < 4.78 is 0. The summed E-state index contributed by atoms with van der Waals surface area (Å²) in [7, 11) is 1.95. The predicted octanol–water partition coefficient (Wildman–Crippen LogP) is 0.698. The molecule has 1 aliphatic carbocycles. The number of likely N-dealkylation sites (N-methyl/N-ethyl adjacent to an activating group) is 1. The fourth-order valence-corrected chi connectivity index (χ4v) is 1.98. The summed E-state index contributed by atoms with van der Waals surface area (Å²) in [6.45, 7) is 2.12. The van der Waals surface area contributed by atoms with E-state index in [1.165, 1.54) is 17.7 Å². The monoisotopic (exact) mass is 206 g/mol. The van der Waals surface area contributed by atoms with E-state index < -0.39 is 0 Å². The van der Waals surface area contributed by atoms with E-state index in [9.17, 15) is 0 Å². The first-order valence-corrected chi connectivity index (χ1v) is 5.52. The zero-order valence-electron chi connectivity index (χ0n) is 9.38. The maximum absolute atomic E-state index is 5.92. The maximum atomic E-state index is 5.92. The van der Waals surface area contributed by atoms with E-state index in [2.05, 4.69) is 22.2 Å². The number of fused-ring (bicyclic) bond motifs is 1. The van der Waals surface area contributed by atoms with Crippen molar-refractivity contribution in [2.24, 2.45) is 0 Å². The summed E-state index contributed by atoms with van der Waals surface area (Å²) in [6.07, 6.45) is 4.11. The molecule has 0 amide bonds. The summed E-state index contributed by atoms with van der Waals surface area (Å²) >= 11 is 0. The molecule has 0 aromatic carbocycles. The van der Waals surface area contributed by atoms with Gasteiger partial charge in [-0.05, 0) is 33.2 Å². The lowest BCUT2D eigenvalue weighted by atomic mass is 10.2. The van der Waals surface area contributed by atoms with Crippen molar-refractivity contribution in [2.45, 2.75) is 38.6 Å². The van der Waals surface area contributed by atoms with Gasteiger partial charge in [-0.2, -0.15) is 0 Å². The van der Waals surface area contributed by atoms with Crippen LogP contribution in [0.2, 0.25) is 0 Å². The minimum absolute atomic E-state index is 0.392. The zero-order valence-corrected chi connectivity index (χ0v) is 9.38. The van der Waals surface area contributed by atoms with E-state index in [0.717, 1.165) is 25.1 Å². The number of rotatable bonds is 3. The molecule has 0 fully saturated rings. The second-order valence-electron chi connectivity index (χ2n) is 4.20. The molecule has 1 aromatic heterocycles. The fourth-order valence-electron chi connectivity index (χ4n) is 1.98. The number of nitrogens with one attached hydrogen (secondary N) is 1. The first kappa shape index (κ1) is 10.4. The minimum atomic E-state index is 0.392. The van der Waals surface area contributed by atoms with Gasteiger partial charge in [0.15, 0.2) is 0 Å². The summed E-state index contributed by atoms with van der Waals surface area (Å²) in [5, 5.41) is 3.18. The number of nitrogen functional groups attached to an aromatic ring is 1. The molecular formula is C11H18N4. The van der Waals surface area contributed by atoms with Crippen LogP contribution in [-0.4, -0.2) is 23.1 Å². The van der Waals surface area contributed by atoms with Crippen LogP contribution in [0.25, 0.3) is 0 Å². The minimum Gasteiger partial charge on any atom is -0.383 e. The third-order valence-electron chi connectivity index (χ3n) is 2.99. The normalized spacial score (nSPS) is 16.4. The van der Waals surface area contributed by atoms with Crippen molar-refractivity contribution < 1.29 is 0 Å². The number of hydrogen-bond donors (Lipinski definition) is 2. The Morgan fingerprint density at radius 1 is 1.40 bits per heavy atom. The van der Waals surface area contributed by atoms with Gasteiger partial charge >= 0.3 is 0 Å². The molecule has 3 N–H and O–H groups in total. The number of aromatic nitrogens is 2. The van der Waals surface area contributed by atoms with Gasteiger partial charge in [0.05, 0.1) is 0 Å². The highest BCUT2D eigenvalue weighted by molar-refractivity contribution is 5.44. The van der Waals surface area contributed by atoms with Gasteiger partial charge in [-0.3, -0.25) is 0 Å². The first-order chi connectivity index (χ1) is 7.20. The second kappa shape index (κ2) is 4.14. The van der Waals surface area contributed by atoms with Gasteiger partial charge in [0.25, 0.3) is 0 Å². The van der Waals surface area contributed by atoms with E-state index in [1.54, 1.807) is 0 Å². The molecule has 2 rings (SSSR count). The second-order valence-corrected chi connectivity index (χ2v) is 4.20. The van der Waals surface area contributed by atoms with Gasteiger partial charge in [0, 0.05) is 23.7 Å². The van der Waals surface area contributed by atoms with Gasteiger partial charge in [-0.25, -0.2) is 9.97 Å². The Hall–Kier alpha value is -1.16. The Labute approximate surface area is 90.3 Å². The van der Waals surface area contributed by atoms with Crippen LogP contribution in [0.15, 0.2) is 0 Å². The molecule has 1 heterocycles. The lowest BCUT2D eigenvalue weighted by Crippen LogP contribution is -2.25. The quantitative estimate of drug-likeness (QED) is 0.764. The molecule has 1 aliphatic rings. The van der Waals surface area contributed by atoms with Crippen LogP contribution >= 0.6 is 0 Å². The van der Waals surface area contributed by atoms with Crippen LogP contribution in [0.3, 0.4) is 0 Å². The SMILES string of the molecule is CNC(C)Cc1nc(N)c2c(n1)CCC2. The molecular weight excluding hydrogens is 188 g/mol. The first-order valence-electron chi connectivity index (χ1n) is 5.52. The van der Waals surface area contributed by atoms with Crippen molar-refractivity contribution in [1.29, 1.82) is 0 Å². The fraction of sp³-hybridized carbons (Fsp3) is 0.636. The predicted molar refractivity (Wildman–Crippen MR) is 60.7 cm³/mol. The smallest absolute Gasteiger partial charge is 0.132 e. The molecule has 4 nitrogen and oxygen atoms in total. The Balaban J connectivity index is 2.23. The molecule has 0 saturated heterocycles. The Morgan fingerprint density at radius 3 is 2.93 bits per heavy atom. The van der Waals surface area contributed by atoms with Gasteiger partial charge in [0.1, 0.15) is 11.6 Å². The molecule has 15 heavy (non-hydrogen) atoms. The van der Waals surface area contributed by atoms with Crippen LogP contribution < -0.4 is 11.1 Å². The molecule has 1 atom stereocenters. The summed E-state index contributed by atoms with van der Waals surface area (Å²) in [5.74, 6) is 1.56. The van der Waals surface area contributed by atoms with Gasteiger partial charge in [-0.1, -0.05) is 0 Å². The molecule has 82 valence electrons. The van der Waals surface area contributed by atoms with Crippen molar-refractivity contribution in [1.82, 2.24) is 15.3 Å². The number of nitrogens with zero attached hydrogens (tertiary/aromatic N) is 2. The third-order valence-corrected chi connectivity index (χ3v) is 2.99. The standard InChI is InChI=1S/C11H18N4/c1-7(13-2)6-10-14-9-5-3-4-8(9)11(12)15-10/h7,13H,3-6H2,1-2H3,(H2,12,14,15). The number of hydrogen-bond acceptors (Lipinski definition) is 4. The van der Waals surface area contributed by atoms with Crippen molar-refractivity contribution in [3.05, 3.63) is 17.1 Å². The van der Waals surface area contributed by atoms with Gasteiger partial charge < -0.3 is 11.1 Å². The average molecular weight is 206 g/mol. The van der Waals surface area contributed by atoms with Gasteiger partial charge in [0.2, 0.25) is 0 Å². The Bertz CT molecular complexity index is 362. The average Bonchev–Trinajstić information content (AvgIpc) is 2.66. The highest BCUT2D eigenvalue weighted by atomic mass is 15.0. The third kappa shape index (κ3) is 2.09. The van der Waals surface area contributed by atoms with Crippen molar-refractivity contribution >= 4 is 5.82 Å². The summed E-state index contributed by atoms with van der Waals surface area (Å²) in [4.78, 5) is 8.93. The topological polar surface area (TPSA) is 63.8 Å². The van der Waals surface area contributed by atoms with Crippen LogP contribution in [0.4, 0.5) is 5.82 Å². The largest absolute Gasteiger partial charge is 0.383 e. The van der Waals surface area contributed by atoms with Crippen LogP contribution in [-0.2, 0) is 19.3 Å². The number of anilines is 1. The molecule has 0 radical (unpaired) electrons. The molecule has 0 aliphatic heterocycles. The van der Waals surface area contributed by atoms with E-state index >= 15 is 0 Å². The van der Waals surface area contributed by atoms with Gasteiger partial charge in [-0.15, -0.1) is 0 Å². The Kier molecular flexibility index (Phi) is 2.86. The van der Waals surface area contributed by atoms with E-state index in [4.69, 9.17) is 5.73 Å². The molecule has 0 spiro atoms. The number of nitrogens with two attached hydrogens (primary N) is 1. The summed E-state index contributed by atoms with van der Waals surface area (Å²) in [5.41, 5.74) is 8.26. The molecule has 0 bridgehead atoms. The number of aryl methyl sites for hydroxylation is 1. The van der Waals surface area contributed by atoms with E-state index in [-0.39, 0.29) is 0 Å². The highest BCUT2D eigenvalue weighted by Gasteiger charge is 2.18. The lowest BCUT2D eigenvalue weighted by Gasteiger charge is -2.10. The van der Waals surface area contributed by atoms with Crippen molar-refractivity contribution in [2.75, 3.05) is 12.8 Å². The zero-order chi connectivity index (χ0) is 10.8. The van der Waals surface area contributed by atoms with E-state index in [1.807, 2.05) is 7.05 Å². The van der Waals surface area contributed by atoms with Crippen LogP contribution in [0.5, 0.6) is 0 Å². The molecule has 0 saturated carbocycles. The highest BCUT2D eigenvalue weighted by Crippen LogP contribution is 2.24. The van der Waals surface area contributed by atoms with Crippen LogP contribution in [0, 0.1) is 0 Å².